The van der Waals surface area contributed by atoms with Gasteiger partial charge in [0.25, 0.3) is 13.4 Å². The van der Waals surface area contributed by atoms with Crippen LogP contribution in [0.1, 0.15) is 0 Å². The van der Waals surface area contributed by atoms with Gasteiger partial charge in [-0.15, -0.1) is 0 Å². The maximum absolute atomic E-state index is 6.93. The van der Waals surface area contributed by atoms with Gasteiger partial charge in [0, 0.05) is 45.4 Å². The van der Waals surface area contributed by atoms with Gasteiger partial charge in [-0.2, -0.15) is 0 Å². The summed E-state index contributed by atoms with van der Waals surface area (Å²) in [6.07, 6.45) is 0. The van der Waals surface area contributed by atoms with Gasteiger partial charge in [-0.25, -0.2) is 0 Å². The number of ether oxygens (including phenoxy) is 3. The summed E-state index contributed by atoms with van der Waals surface area (Å²) in [5.74, 6) is 4.86. The van der Waals surface area contributed by atoms with Gasteiger partial charge < -0.3 is 27.9 Å². The third kappa shape index (κ3) is 2.67. The second-order valence-electron chi connectivity index (χ2n) is 13.9. The molecule has 0 amide bonds. The molecule has 5 aliphatic rings. The molecule has 0 saturated heterocycles. The molecule has 228 valence electrons. The number of anilines is 3. The molecule has 2 aromatic heterocycles. The summed E-state index contributed by atoms with van der Waals surface area (Å²) >= 11 is 0. The summed E-state index contributed by atoms with van der Waals surface area (Å²) < 4.78 is 33.3. The van der Waals surface area contributed by atoms with Gasteiger partial charge in [0.05, 0.1) is 11.4 Å². The van der Waals surface area contributed by atoms with Gasteiger partial charge in [-0.1, -0.05) is 72.8 Å². The highest BCUT2D eigenvalue weighted by Crippen LogP contribution is 2.54. The average molecular weight is 639 g/mol. The van der Waals surface area contributed by atoms with E-state index in [1.165, 1.54) is 10.9 Å². The van der Waals surface area contributed by atoms with Gasteiger partial charge in [0.2, 0.25) is 0 Å². The van der Waals surface area contributed by atoms with Crippen LogP contribution >= 0.6 is 0 Å². The topological polar surface area (TPSA) is 57.2 Å². The molecule has 7 heterocycles. The molecule has 7 aromatic carbocycles. The number of nitrogens with zero attached hydrogens (tertiary/aromatic N) is 1. The Hall–Kier alpha value is -6.53. The van der Waals surface area contributed by atoms with E-state index in [1.807, 2.05) is 24.3 Å². The molecule has 0 aliphatic carbocycles. The molecule has 0 bridgehead atoms. The average Bonchev–Trinajstić information content (AvgIpc) is 3.70. The van der Waals surface area contributed by atoms with Crippen molar-refractivity contribution in [2.45, 2.75) is 0 Å². The van der Waals surface area contributed by atoms with Crippen molar-refractivity contribution < 1.29 is 23.0 Å². The molecule has 8 heteroatoms. The van der Waals surface area contributed by atoms with Crippen molar-refractivity contribution in [2.24, 2.45) is 0 Å². The number of hydrogen-bond acceptors (Lipinski definition) is 6. The number of hydrogen-bond donors (Lipinski definition) is 0. The van der Waals surface area contributed by atoms with E-state index in [-0.39, 0.29) is 13.4 Å². The van der Waals surface area contributed by atoms with Crippen LogP contribution in [0.5, 0.6) is 34.5 Å². The molecule has 50 heavy (non-hydrogen) atoms. The van der Waals surface area contributed by atoms with Crippen molar-refractivity contribution >= 4 is 107 Å². The molecular formula is C42H19B2NO5. The summed E-state index contributed by atoms with van der Waals surface area (Å²) in [4.78, 5) is 2.43. The zero-order valence-corrected chi connectivity index (χ0v) is 26.1. The number of fused-ring (bicyclic) bond motifs is 12. The van der Waals surface area contributed by atoms with Crippen LogP contribution in [0.25, 0.3) is 43.9 Å². The molecule has 5 aliphatic heterocycles. The van der Waals surface area contributed by atoms with Crippen molar-refractivity contribution in [3.63, 3.8) is 0 Å². The van der Waals surface area contributed by atoms with Crippen LogP contribution in [0, 0.1) is 0 Å². The van der Waals surface area contributed by atoms with Gasteiger partial charge in [0.15, 0.2) is 11.5 Å². The molecule has 0 spiro atoms. The summed E-state index contributed by atoms with van der Waals surface area (Å²) in [7, 11) is 0. The number of benzene rings is 7. The van der Waals surface area contributed by atoms with Crippen LogP contribution in [0.2, 0.25) is 0 Å². The number of furan rings is 2. The van der Waals surface area contributed by atoms with E-state index in [1.54, 1.807) is 0 Å². The Kier molecular flexibility index (Phi) is 3.94. The fourth-order valence-corrected chi connectivity index (χ4v) is 9.62. The van der Waals surface area contributed by atoms with E-state index in [2.05, 4.69) is 95.9 Å². The first-order valence-electron chi connectivity index (χ1n) is 17.0. The van der Waals surface area contributed by atoms with E-state index in [0.29, 0.717) is 0 Å². The van der Waals surface area contributed by atoms with Crippen LogP contribution in [0.3, 0.4) is 0 Å². The van der Waals surface area contributed by atoms with E-state index >= 15 is 0 Å². The van der Waals surface area contributed by atoms with E-state index in [0.717, 1.165) is 117 Å². The fourth-order valence-electron chi connectivity index (χ4n) is 9.62. The zero-order valence-electron chi connectivity index (χ0n) is 26.1. The minimum absolute atomic E-state index is 0.0870. The lowest BCUT2D eigenvalue weighted by molar-refractivity contribution is 0.464. The molecule has 0 unspecified atom stereocenters. The second-order valence-corrected chi connectivity index (χ2v) is 13.9. The largest absolute Gasteiger partial charge is 0.458 e. The van der Waals surface area contributed by atoms with Crippen molar-refractivity contribution in [2.75, 3.05) is 4.90 Å². The normalized spacial score (nSPS) is 14.8. The monoisotopic (exact) mass is 639 g/mol. The minimum atomic E-state index is -0.0870. The lowest BCUT2D eigenvalue weighted by atomic mass is 9.29. The fraction of sp³-hybridized carbons (Fsp3) is 0. The Bertz CT molecular complexity index is 2920. The molecule has 0 saturated carbocycles. The van der Waals surface area contributed by atoms with Crippen LogP contribution < -0.4 is 51.9 Å². The Labute approximate surface area is 284 Å². The standard InChI is InChI=1S/C42H19B2NO5/c1-3-11-28-20(7-1)22-15-26-34(17-32(22)46-28)49-36-19-37-39-42-38(36)43(26)24-9-5-13-30-40(24)45(42)41-25(10-6-14-31(41)48-30)44(39)27-16-23-21-8-2-4-12-29(21)47-33(23)18-35(27)50-37/h1-19H. The first-order chi connectivity index (χ1) is 24.8. The molecule has 0 radical (unpaired) electrons. The predicted molar refractivity (Wildman–Crippen MR) is 198 cm³/mol. The maximum Gasteiger partial charge on any atom is 0.256 e. The first kappa shape index (κ1) is 24.6. The summed E-state index contributed by atoms with van der Waals surface area (Å²) in [6, 6.07) is 40.1. The zero-order chi connectivity index (χ0) is 32.0. The van der Waals surface area contributed by atoms with Crippen LogP contribution in [0.4, 0.5) is 17.1 Å². The molecule has 0 N–H and O–H groups in total. The highest BCUT2D eigenvalue weighted by molar-refractivity contribution is 7.04. The van der Waals surface area contributed by atoms with Crippen molar-refractivity contribution in [1.82, 2.24) is 0 Å². The van der Waals surface area contributed by atoms with E-state index in [9.17, 15) is 0 Å². The van der Waals surface area contributed by atoms with Gasteiger partial charge >= 0.3 is 0 Å². The highest BCUT2D eigenvalue weighted by Gasteiger charge is 2.53. The predicted octanol–water partition coefficient (Wildman–Crippen LogP) is 6.93. The quantitative estimate of drug-likeness (QED) is 0.168. The Morgan fingerprint density at radius 2 is 0.860 bits per heavy atom. The van der Waals surface area contributed by atoms with E-state index < -0.39 is 0 Å². The minimum Gasteiger partial charge on any atom is -0.458 e. The lowest BCUT2D eigenvalue weighted by Gasteiger charge is -2.49. The summed E-state index contributed by atoms with van der Waals surface area (Å²) in [6.45, 7) is -0.174. The Morgan fingerprint density at radius 3 is 1.40 bits per heavy atom. The summed E-state index contributed by atoms with van der Waals surface area (Å²) in [5.41, 5.74) is 13.6. The third-order valence-electron chi connectivity index (χ3n) is 11.5. The third-order valence-corrected chi connectivity index (χ3v) is 11.5. The molecule has 0 fully saturated rings. The Morgan fingerprint density at radius 1 is 0.360 bits per heavy atom. The molecule has 14 rings (SSSR count). The SMILES string of the molecule is c1cc2c3c(c1)B1c4cc5c(cc4Oc4cc6c7c(c41)N3c1c(cccc1B7c1cc3c(cc1O6)oc1ccccc13)O2)oc1ccccc15. The molecule has 0 atom stereocenters. The second kappa shape index (κ2) is 8.01. The highest BCUT2D eigenvalue weighted by atomic mass is 16.5. The van der Waals surface area contributed by atoms with Crippen molar-refractivity contribution in [3.8, 4) is 34.5 Å². The Balaban J connectivity index is 1.12. The number of rotatable bonds is 0. The number of para-hydroxylation sites is 4. The van der Waals surface area contributed by atoms with Crippen molar-refractivity contribution in [1.29, 1.82) is 0 Å². The van der Waals surface area contributed by atoms with Gasteiger partial charge in [-0.05, 0) is 57.0 Å². The molecule has 6 nitrogen and oxygen atoms in total. The first-order valence-corrected chi connectivity index (χ1v) is 17.0. The molecular weight excluding hydrogens is 620 g/mol. The van der Waals surface area contributed by atoms with Gasteiger partial charge in [-0.3, -0.25) is 0 Å². The smallest absolute Gasteiger partial charge is 0.256 e. The summed E-state index contributed by atoms with van der Waals surface area (Å²) in [5, 5.41) is 4.36. The lowest BCUT2D eigenvalue weighted by Crippen LogP contribution is -2.67. The van der Waals surface area contributed by atoms with Crippen molar-refractivity contribution in [3.05, 3.63) is 115 Å². The molecule has 9 aromatic rings. The van der Waals surface area contributed by atoms with Crippen LogP contribution in [-0.4, -0.2) is 13.4 Å². The maximum atomic E-state index is 6.93. The van der Waals surface area contributed by atoms with Gasteiger partial charge in [0.1, 0.15) is 45.3 Å². The van der Waals surface area contributed by atoms with Crippen LogP contribution in [0.15, 0.2) is 124 Å². The van der Waals surface area contributed by atoms with E-state index in [4.69, 9.17) is 23.0 Å². The van der Waals surface area contributed by atoms with Crippen LogP contribution in [-0.2, 0) is 0 Å².